The fourth-order valence-corrected chi connectivity index (χ4v) is 4.33. The van der Waals surface area contributed by atoms with E-state index in [4.69, 9.17) is 9.47 Å². The van der Waals surface area contributed by atoms with E-state index in [-0.39, 0.29) is 23.8 Å². The number of rotatable bonds is 5. The van der Waals surface area contributed by atoms with Crippen LogP contribution >= 0.6 is 0 Å². The summed E-state index contributed by atoms with van der Waals surface area (Å²) >= 11 is 0. The van der Waals surface area contributed by atoms with Gasteiger partial charge in [-0.3, -0.25) is 19.2 Å². The first-order chi connectivity index (χ1) is 14.5. The maximum atomic E-state index is 13.0. The molecule has 1 amide bonds. The van der Waals surface area contributed by atoms with Crippen molar-refractivity contribution in [1.29, 1.82) is 0 Å². The third kappa shape index (κ3) is 3.95. The molecule has 1 atom stereocenters. The molecule has 2 aliphatic rings. The van der Waals surface area contributed by atoms with Gasteiger partial charge in [0.15, 0.2) is 6.29 Å². The van der Waals surface area contributed by atoms with Crippen LogP contribution in [0.25, 0.3) is 5.69 Å². The van der Waals surface area contributed by atoms with Crippen molar-refractivity contribution in [2.45, 2.75) is 39.0 Å². The third-order valence-electron chi connectivity index (χ3n) is 6.34. The Morgan fingerprint density at radius 3 is 2.40 bits per heavy atom. The van der Waals surface area contributed by atoms with Crippen LogP contribution in [0.3, 0.4) is 0 Å². The van der Waals surface area contributed by atoms with Gasteiger partial charge in [0.05, 0.1) is 30.6 Å². The number of benzene rings is 1. The van der Waals surface area contributed by atoms with Gasteiger partial charge in [0, 0.05) is 13.0 Å². The van der Waals surface area contributed by atoms with Crippen LogP contribution in [0.2, 0.25) is 0 Å². The van der Waals surface area contributed by atoms with Gasteiger partial charge < -0.3 is 14.8 Å². The number of nitrogens with zero attached hydrogens (tertiary/aromatic N) is 3. The van der Waals surface area contributed by atoms with E-state index < -0.39 is 0 Å². The zero-order valence-electron chi connectivity index (χ0n) is 17.8. The number of nitrogens with one attached hydrogen (secondary N) is 1. The topological polar surface area (TPSA) is 77.7 Å². The molecule has 3 heterocycles. The molecule has 1 N–H and O–H groups in total. The second-order valence-electron chi connectivity index (χ2n) is 8.09. The molecule has 1 aromatic carbocycles. The Labute approximate surface area is 176 Å². The Hall–Kier alpha value is -2.42. The maximum Gasteiger partial charge on any atom is 0.295 e. The van der Waals surface area contributed by atoms with E-state index in [1.807, 2.05) is 51.2 Å². The summed E-state index contributed by atoms with van der Waals surface area (Å²) in [6.45, 7) is 6.69. The predicted molar refractivity (Wildman–Crippen MR) is 114 cm³/mol. The molecule has 1 aromatic heterocycles. The summed E-state index contributed by atoms with van der Waals surface area (Å²) in [5, 5.41) is 2.89. The van der Waals surface area contributed by atoms with E-state index in [0.29, 0.717) is 24.8 Å². The lowest BCUT2D eigenvalue weighted by molar-refractivity contribution is -0.123. The van der Waals surface area contributed by atoms with Crippen molar-refractivity contribution in [1.82, 2.24) is 14.3 Å². The molecule has 2 aromatic rings. The number of piperidine rings is 1. The Kier molecular flexibility index (Phi) is 6.08. The molecule has 0 bridgehead atoms. The number of ether oxygens (including phenoxy) is 2. The van der Waals surface area contributed by atoms with Gasteiger partial charge in [-0.1, -0.05) is 18.2 Å². The summed E-state index contributed by atoms with van der Waals surface area (Å²) in [7, 11) is 1.82. The molecule has 162 valence electrons. The fourth-order valence-electron chi connectivity index (χ4n) is 4.33. The molecule has 2 aliphatic heterocycles. The molecule has 1 unspecified atom stereocenters. The number of carbonyl (C=O) groups excluding carboxylic acids is 1. The van der Waals surface area contributed by atoms with Gasteiger partial charge in [0.2, 0.25) is 5.91 Å². The molecule has 8 nitrogen and oxygen atoms in total. The number of amides is 1. The number of para-hydroxylation sites is 1. The number of likely N-dealkylation sites (tertiary alicyclic amines) is 1. The van der Waals surface area contributed by atoms with E-state index in [9.17, 15) is 9.59 Å². The third-order valence-corrected chi connectivity index (χ3v) is 6.34. The average molecular weight is 415 g/mol. The normalized spacial score (nSPS) is 19.8. The summed E-state index contributed by atoms with van der Waals surface area (Å²) in [6.07, 6.45) is 1.78. The van der Waals surface area contributed by atoms with E-state index in [2.05, 4.69) is 10.2 Å². The van der Waals surface area contributed by atoms with Gasteiger partial charge in [-0.15, -0.1) is 0 Å². The quantitative estimate of drug-likeness (QED) is 0.809. The fraction of sp³-hybridized carbons (Fsp3) is 0.545. The minimum Gasteiger partial charge on any atom is -0.350 e. The van der Waals surface area contributed by atoms with Gasteiger partial charge in [-0.05, 0) is 51.9 Å². The van der Waals surface area contributed by atoms with Crippen molar-refractivity contribution in [2.75, 3.05) is 31.6 Å². The van der Waals surface area contributed by atoms with Crippen LogP contribution in [0, 0.1) is 12.8 Å². The molecule has 2 saturated heterocycles. The van der Waals surface area contributed by atoms with Crippen molar-refractivity contribution < 1.29 is 14.3 Å². The zero-order chi connectivity index (χ0) is 21.3. The highest BCUT2D eigenvalue weighted by molar-refractivity contribution is 5.95. The van der Waals surface area contributed by atoms with Crippen LogP contribution in [0.1, 0.15) is 25.5 Å². The number of carbonyl (C=O) groups is 1. The number of anilines is 1. The standard InChI is InChI=1S/C22H30N4O4/c1-15-19(21(28)26(24(15)3)18-7-5-4-6-8-18)23-20(27)16(2)25-11-9-17(10-12-25)22-29-13-14-30-22/h4-8,16-17,22H,9-14H2,1-3H3,(H,23,27). The first-order valence-corrected chi connectivity index (χ1v) is 10.6. The Bertz CT molecular complexity index is 938. The van der Waals surface area contributed by atoms with E-state index in [0.717, 1.165) is 37.3 Å². The molecular weight excluding hydrogens is 384 g/mol. The van der Waals surface area contributed by atoms with Crippen molar-refractivity contribution in [2.24, 2.45) is 13.0 Å². The Morgan fingerprint density at radius 1 is 1.13 bits per heavy atom. The van der Waals surface area contributed by atoms with Gasteiger partial charge in [0.1, 0.15) is 5.69 Å². The number of hydrogen-bond donors (Lipinski definition) is 1. The molecule has 0 spiro atoms. The maximum absolute atomic E-state index is 13.0. The summed E-state index contributed by atoms with van der Waals surface area (Å²) in [6, 6.07) is 9.10. The predicted octanol–water partition coefficient (Wildman–Crippen LogP) is 1.90. The van der Waals surface area contributed by atoms with Gasteiger partial charge in [0.25, 0.3) is 5.56 Å². The zero-order valence-corrected chi connectivity index (χ0v) is 17.8. The largest absolute Gasteiger partial charge is 0.350 e. The molecule has 30 heavy (non-hydrogen) atoms. The van der Waals surface area contributed by atoms with Crippen LogP contribution in [0.4, 0.5) is 5.69 Å². The minimum atomic E-state index is -0.319. The highest BCUT2D eigenvalue weighted by Crippen LogP contribution is 2.27. The Balaban J connectivity index is 1.43. The molecular formula is C22H30N4O4. The molecule has 0 radical (unpaired) electrons. The summed E-state index contributed by atoms with van der Waals surface area (Å²) in [5.74, 6) is 0.223. The lowest BCUT2D eigenvalue weighted by atomic mass is 9.95. The van der Waals surface area contributed by atoms with Crippen molar-refractivity contribution in [3.63, 3.8) is 0 Å². The summed E-state index contributed by atoms with van der Waals surface area (Å²) < 4.78 is 14.6. The molecule has 0 saturated carbocycles. The number of hydrogen-bond acceptors (Lipinski definition) is 5. The molecule has 0 aliphatic carbocycles. The van der Waals surface area contributed by atoms with E-state index >= 15 is 0 Å². The van der Waals surface area contributed by atoms with Gasteiger partial charge >= 0.3 is 0 Å². The monoisotopic (exact) mass is 414 g/mol. The molecule has 4 rings (SSSR count). The van der Waals surface area contributed by atoms with Crippen molar-refractivity contribution >= 4 is 11.6 Å². The lowest BCUT2D eigenvalue weighted by Crippen LogP contribution is -2.47. The smallest absolute Gasteiger partial charge is 0.295 e. The van der Waals surface area contributed by atoms with Crippen LogP contribution in [-0.2, 0) is 21.3 Å². The lowest BCUT2D eigenvalue weighted by Gasteiger charge is -2.36. The van der Waals surface area contributed by atoms with Crippen LogP contribution in [0.5, 0.6) is 0 Å². The van der Waals surface area contributed by atoms with Gasteiger partial charge in [-0.2, -0.15) is 0 Å². The average Bonchev–Trinajstić information content (AvgIpc) is 3.38. The second kappa shape index (κ2) is 8.75. The van der Waals surface area contributed by atoms with E-state index in [1.54, 1.807) is 9.36 Å². The second-order valence-corrected chi connectivity index (χ2v) is 8.09. The van der Waals surface area contributed by atoms with Crippen LogP contribution in [-0.4, -0.2) is 58.8 Å². The van der Waals surface area contributed by atoms with E-state index in [1.165, 1.54) is 0 Å². The van der Waals surface area contributed by atoms with Crippen LogP contribution < -0.4 is 10.9 Å². The Morgan fingerprint density at radius 2 is 1.77 bits per heavy atom. The highest BCUT2D eigenvalue weighted by atomic mass is 16.7. The van der Waals surface area contributed by atoms with Crippen LogP contribution in [0.15, 0.2) is 35.1 Å². The minimum absolute atomic E-state index is 0.0975. The first kappa shape index (κ1) is 20.8. The van der Waals surface area contributed by atoms with Gasteiger partial charge in [-0.25, -0.2) is 4.68 Å². The van der Waals surface area contributed by atoms with Crippen molar-refractivity contribution in [3.05, 3.63) is 46.4 Å². The molecule has 8 heteroatoms. The van der Waals surface area contributed by atoms with Crippen molar-refractivity contribution in [3.8, 4) is 5.69 Å². The molecule has 2 fully saturated rings. The SMILES string of the molecule is Cc1c(NC(=O)C(C)N2CCC(C3OCCO3)CC2)c(=O)n(-c2ccccc2)n1C. The summed E-state index contributed by atoms with van der Waals surface area (Å²) in [5.41, 5.74) is 1.59. The highest BCUT2D eigenvalue weighted by Gasteiger charge is 2.33. The first-order valence-electron chi connectivity index (χ1n) is 10.6. The number of aromatic nitrogens is 2. The summed E-state index contributed by atoms with van der Waals surface area (Å²) in [4.78, 5) is 28.1.